The Labute approximate surface area is 197 Å². The Balaban J connectivity index is 1.23. The van der Waals surface area contributed by atoms with E-state index in [1.807, 2.05) is 42.5 Å². The van der Waals surface area contributed by atoms with Crippen LogP contribution in [0, 0.1) is 0 Å². The highest BCUT2D eigenvalue weighted by atomic mass is 16.3. The van der Waals surface area contributed by atoms with E-state index in [0.717, 1.165) is 11.4 Å². The summed E-state index contributed by atoms with van der Waals surface area (Å²) in [5, 5.41) is 18.5. The molecule has 0 aliphatic carbocycles. The third kappa shape index (κ3) is 4.40. The van der Waals surface area contributed by atoms with Gasteiger partial charge >= 0.3 is 0 Å². The fourth-order valence-electron chi connectivity index (χ4n) is 4.46. The number of phenols is 1. The number of phenolic OH excluding ortho intramolecular Hbond substituents is 1. The predicted octanol–water partition coefficient (Wildman–Crippen LogP) is 4.26. The molecule has 2 amide bonds. The van der Waals surface area contributed by atoms with Gasteiger partial charge in [0.1, 0.15) is 5.75 Å². The summed E-state index contributed by atoms with van der Waals surface area (Å²) in [6.45, 7) is 2.64. The Kier molecular flexibility index (Phi) is 6.05. The van der Waals surface area contributed by atoms with Gasteiger partial charge in [-0.1, -0.05) is 30.3 Å². The number of hydrogen-bond donors (Lipinski definition) is 1. The van der Waals surface area contributed by atoms with Crippen LogP contribution in [0.4, 0.5) is 22.7 Å². The van der Waals surface area contributed by atoms with Crippen molar-refractivity contribution in [2.24, 2.45) is 10.2 Å². The molecule has 0 unspecified atom stereocenters. The number of nitrogens with zero attached hydrogens (tertiary/aromatic N) is 5. The molecule has 3 aromatic carbocycles. The van der Waals surface area contributed by atoms with Gasteiger partial charge in [-0.3, -0.25) is 14.5 Å². The molecule has 0 bridgehead atoms. The molecule has 2 saturated heterocycles. The summed E-state index contributed by atoms with van der Waals surface area (Å²) in [6.07, 6.45) is 0.172. The smallest absolute Gasteiger partial charge is 0.251 e. The van der Waals surface area contributed by atoms with Crippen LogP contribution in [0.25, 0.3) is 0 Å². The van der Waals surface area contributed by atoms with Crippen LogP contribution in [0.1, 0.15) is 6.42 Å². The minimum absolute atomic E-state index is 0.172. The molecule has 172 valence electrons. The number of rotatable bonds is 5. The minimum Gasteiger partial charge on any atom is -0.506 e. The molecule has 5 rings (SSSR count). The SMILES string of the molecule is O=C1C[C@@H](N2CCN(c3ccccc3O)CC2)C(=O)N1c1ccc(N=Nc2ccccc2)cc1. The average Bonchev–Trinajstić information content (AvgIpc) is 3.18. The van der Waals surface area contributed by atoms with Gasteiger partial charge in [0.05, 0.1) is 35.2 Å². The molecule has 34 heavy (non-hydrogen) atoms. The summed E-state index contributed by atoms with van der Waals surface area (Å²) in [7, 11) is 0. The first-order valence-corrected chi connectivity index (χ1v) is 11.3. The Bertz CT molecular complexity index is 1200. The number of carbonyl (C=O) groups is 2. The van der Waals surface area contributed by atoms with E-state index in [-0.39, 0.29) is 24.0 Å². The molecular weight excluding hydrogens is 430 g/mol. The number of azo groups is 1. The van der Waals surface area contributed by atoms with Crippen LogP contribution in [0.2, 0.25) is 0 Å². The topological polar surface area (TPSA) is 88.8 Å². The molecule has 3 aromatic rings. The van der Waals surface area contributed by atoms with Crippen LogP contribution in [-0.2, 0) is 9.59 Å². The molecule has 2 heterocycles. The van der Waals surface area contributed by atoms with E-state index in [0.29, 0.717) is 37.6 Å². The largest absolute Gasteiger partial charge is 0.506 e. The summed E-state index contributed by atoms with van der Waals surface area (Å²) < 4.78 is 0. The summed E-state index contributed by atoms with van der Waals surface area (Å²) in [5.74, 6) is -0.141. The van der Waals surface area contributed by atoms with Crippen molar-refractivity contribution in [2.75, 3.05) is 36.0 Å². The van der Waals surface area contributed by atoms with Crippen molar-refractivity contribution in [3.63, 3.8) is 0 Å². The van der Waals surface area contributed by atoms with Crippen molar-refractivity contribution in [1.29, 1.82) is 0 Å². The Morgan fingerprint density at radius 1 is 0.735 bits per heavy atom. The van der Waals surface area contributed by atoms with E-state index in [4.69, 9.17) is 0 Å². The highest BCUT2D eigenvalue weighted by Gasteiger charge is 2.43. The average molecular weight is 456 g/mol. The zero-order valence-corrected chi connectivity index (χ0v) is 18.6. The molecule has 0 aromatic heterocycles. The van der Waals surface area contributed by atoms with Gasteiger partial charge in [0.25, 0.3) is 5.91 Å². The van der Waals surface area contributed by atoms with Crippen LogP contribution in [-0.4, -0.2) is 54.0 Å². The lowest BCUT2D eigenvalue weighted by Crippen LogP contribution is -2.52. The minimum atomic E-state index is -0.462. The molecule has 1 N–H and O–H groups in total. The van der Waals surface area contributed by atoms with E-state index >= 15 is 0 Å². The summed E-state index contributed by atoms with van der Waals surface area (Å²) in [4.78, 5) is 31.4. The second kappa shape index (κ2) is 9.44. The summed E-state index contributed by atoms with van der Waals surface area (Å²) in [5.41, 5.74) is 2.73. The lowest BCUT2D eigenvalue weighted by atomic mass is 10.1. The second-order valence-electron chi connectivity index (χ2n) is 8.35. The van der Waals surface area contributed by atoms with Crippen molar-refractivity contribution in [1.82, 2.24) is 4.90 Å². The molecule has 0 saturated carbocycles. The third-order valence-electron chi connectivity index (χ3n) is 6.25. The molecule has 2 aliphatic rings. The van der Waals surface area contributed by atoms with Gasteiger partial charge in [0.2, 0.25) is 5.91 Å². The summed E-state index contributed by atoms with van der Waals surface area (Å²) in [6, 6.07) is 23.2. The fraction of sp³-hybridized carbons (Fsp3) is 0.231. The number of piperazine rings is 1. The predicted molar refractivity (Wildman–Crippen MR) is 130 cm³/mol. The van der Waals surface area contributed by atoms with E-state index in [2.05, 4.69) is 20.0 Å². The van der Waals surface area contributed by atoms with Crippen molar-refractivity contribution in [3.05, 3.63) is 78.9 Å². The second-order valence-corrected chi connectivity index (χ2v) is 8.35. The monoisotopic (exact) mass is 455 g/mol. The van der Waals surface area contributed by atoms with Gasteiger partial charge in [-0.2, -0.15) is 10.2 Å². The number of hydrogen-bond acceptors (Lipinski definition) is 7. The number of aromatic hydroxyl groups is 1. The lowest BCUT2D eigenvalue weighted by Gasteiger charge is -2.38. The Morgan fingerprint density at radius 2 is 1.35 bits per heavy atom. The number of carbonyl (C=O) groups excluding carboxylic acids is 2. The van der Waals surface area contributed by atoms with Crippen LogP contribution in [0.15, 0.2) is 89.1 Å². The lowest BCUT2D eigenvalue weighted by molar-refractivity contribution is -0.123. The maximum atomic E-state index is 13.2. The number of amides is 2. The molecule has 0 radical (unpaired) electrons. The maximum Gasteiger partial charge on any atom is 0.251 e. The Hall–Kier alpha value is -4.04. The van der Waals surface area contributed by atoms with Gasteiger partial charge in [-0.15, -0.1) is 0 Å². The zero-order chi connectivity index (χ0) is 23.5. The van der Waals surface area contributed by atoms with Crippen molar-refractivity contribution < 1.29 is 14.7 Å². The van der Waals surface area contributed by atoms with E-state index in [1.165, 1.54) is 4.90 Å². The highest BCUT2D eigenvalue weighted by Crippen LogP contribution is 2.31. The molecule has 8 nitrogen and oxygen atoms in total. The molecular formula is C26H25N5O3. The molecule has 1 atom stereocenters. The van der Waals surface area contributed by atoms with E-state index in [9.17, 15) is 14.7 Å². The van der Waals surface area contributed by atoms with Crippen molar-refractivity contribution in [2.45, 2.75) is 12.5 Å². The van der Waals surface area contributed by atoms with Crippen molar-refractivity contribution >= 4 is 34.6 Å². The summed E-state index contributed by atoms with van der Waals surface area (Å²) >= 11 is 0. The van der Waals surface area contributed by atoms with Gasteiger partial charge in [0, 0.05) is 26.2 Å². The van der Waals surface area contributed by atoms with Crippen molar-refractivity contribution in [3.8, 4) is 5.75 Å². The number of benzene rings is 3. The Morgan fingerprint density at radius 3 is 2.03 bits per heavy atom. The molecule has 2 aliphatic heterocycles. The van der Waals surface area contributed by atoms with E-state index in [1.54, 1.807) is 36.4 Å². The standard InChI is InChI=1S/C26H25N5O3/c32-24-9-5-4-8-22(24)29-14-16-30(17-15-29)23-18-25(33)31(26(23)34)21-12-10-20(11-13-21)28-27-19-6-2-1-3-7-19/h1-13,23,32H,14-18H2/t23-/m1/s1. The fourth-order valence-corrected chi connectivity index (χ4v) is 4.46. The zero-order valence-electron chi connectivity index (χ0n) is 18.6. The number of anilines is 2. The number of para-hydroxylation sites is 2. The third-order valence-corrected chi connectivity index (χ3v) is 6.25. The van der Waals surface area contributed by atoms with Crippen LogP contribution in [0.5, 0.6) is 5.75 Å². The van der Waals surface area contributed by atoms with Crippen LogP contribution in [0.3, 0.4) is 0 Å². The van der Waals surface area contributed by atoms with Gasteiger partial charge in [-0.25, -0.2) is 4.90 Å². The first-order chi connectivity index (χ1) is 16.6. The molecule has 8 heteroatoms. The van der Waals surface area contributed by atoms with Crippen LogP contribution < -0.4 is 9.80 Å². The molecule has 2 fully saturated rings. The highest BCUT2D eigenvalue weighted by molar-refractivity contribution is 6.22. The van der Waals surface area contributed by atoms with Gasteiger partial charge in [0.15, 0.2) is 0 Å². The van der Waals surface area contributed by atoms with Gasteiger partial charge < -0.3 is 10.0 Å². The molecule has 0 spiro atoms. The quantitative estimate of drug-likeness (QED) is 0.459. The van der Waals surface area contributed by atoms with Gasteiger partial charge in [-0.05, 0) is 48.5 Å². The number of imide groups is 1. The normalized spacial score (nSPS) is 19.4. The maximum absolute atomic E-state index is 13.2. The first kappa shape index (κ1) is 21.8. The first-order valence-electron chi connectivity index (χ1n) is 11.3. The van der Waals surface area contributed by atoms with Crippen LogP contribution >= 0.6 is 0 Å². The van der Waals surface area contributed by atoms with E-state index < -0.39 is 6.04 Å².